The number of nitrogens with one attached hydrogen (secondary N) is 1. The molecule has 1 unspecified atom stereocenters. The monoisotopic (exact) mass is 749 g/mol. The zero-order valence-electron chi connectivity index (χ0n) is 27.5. The van der Waals surface area contributed by atoms with Gasteiger partial charge in [-0.2, -0.15) is 9.97 Å². The third-order valence-electron chi connectivity index (χ3n) is 7.27. The number of benzene rings is 1. The van der Waals surface area contributed by atoms with Crippen LogP contribution in [0.5, 0.6) is 0 Å². The number of hydrogen-bond donors (Lipinski definition) is 5. The van der Waals surface area contributed by atoms with Crippen molar-refractivity contribution in [3.63, 3.8) is 0 Å². The maximum Gasteiger partial charge on any atom is 0.508 e. The predicted octanol–water partition coefficient (Wildman–Crippen LogP) is 3.42. The molecule has 2 aromatic heterocycles. The number of carbonyl (C=O) groups is 2. The van der Waals surface area contributed by atoms with Crippen LogP contribution in [0, 0.1) is 5.82 Å². The Morgan fingerprint density at radius 2 is 1.60 bits per heavy atom. The minimum atomic E-state index is -5.48. The highest BCUT2D eigenvalue weighted by Crippen LogP contribution is 2.52. The second-order valence-corrected chi connectivity index (χ2v) is 14.1. The highest BCUT2D eigenvalue weighted by Gasteiger charge is 2.54. The molecule has 0 bridgehead atoms. The molecule has 276 valence electrons. The Hall–Kier alpha value is -3.68. The van der Waals surface area contributed by atoms with Gasteiger partial charge in [0.2, 0.25) is 10.6 Å². The number of halogens is 2. The molecule has 50 heavy (non-hydrogen) atoms. The van der Waals surface area contributed by atoms with Gasteiger partial charge in [-0.05, 0) is 63.9 Å². The van der Waals surface area contributed by atoms with E-state index < -0.39 is 87.6 Å². The van der Waals surface area contributed by atoms with Crippen LogP contribution in [0.2, 0.25) is 5.28 Å². The summed E-state index contributed by atoms with van der Waals surface area (Å²) in [5, 5.41) is 22.0. The first-order valence-corrected chi connectivity index (χ1v) is 17.2. The third-order valence-corrected chi connectivity index (χ3v) is 8.89. The Morgan fingerprint density at radius 1 is 1.02 bits per heavy atom. The normalized spacial score (nSPS) is 20.3. The number of fused-ring (bicyclic) bond motifs is 1. The topological polar surface area (TPSA) is 243 Å². The highest BCUT2D eigenvalue weighted by molar-refractivity contribution is 7.53. The molecule has 4 rings (SSSR count). The number of imidazole rings is 1. The Morgan fingerprint density at radius 3 is 2.14 bits per heavy atom. The van der Waals surface area contributed by atoms with Gasteiger partial charge in [-0.1, -0.05) is 12.1 Å². The van der Waals surface area contributed by atoms with Crippen LogP contribution in [0.3, 0.4) is 0 Å². The molecule has 0 spiro atoms. The van der Waals surface area contributed by atoms with Gasteiger partial charge < -0.3 is 53.7 Å². The second kappa shape index (κ2) is 16.1. The molecule has 3 aromatic rings. The molecule has 1 saturated heterocycles. The zero-order chi connectivity index (χ0) is 37.0. The lowest BCUT2D eigenvalue weighted by molar-refractivity contribution is -0.129. The molecule has 1 aliphatic rings. The van der Waals surface area contributed by atoms with Crippen molar-refractivity contribution < 1.29 is 67.0 Å². The van der Waals surface area contributed by atoms with Crippen molar-refractivity contribution in [3.8, 4) is 0 Å². The van der Waals surface area contributed by atoms with E-state index in [1.54, 1.807) is 19.1 Å². The number of carbonyl (C=O) groups excluding carboxylic acids is 2. The first-order chi connectivity index (χ1) is 23.4. The molecule has 1 aromatic carbocycles. The molecule has 5 N–H and O–H groups in total. The van der Waals surface area contributed by atoms with E-state index in [2.05, 4.69) is 20.3 Å². The number of rotatable bonds is 14. The Bertz CT molecular complexity index is 1670. The van der Waals surface area contributed by atoms with Gasteiger partial charge in [-0.3, -0.25) is 9.13 Å². The van der Waals surface area contributed by atoms with Crippen LogP contribution in [0.15, 0.2) is 30.6 Å². The number of hydrogen-bond acceptors (Lipinski definition) is 15. The van der Waals surface area contributed by atoms with Crippen LogP contribution >= 0.6 is 19.2 Å². The predicted molar refractivity (Wildman–Crippen MR) is 171 cm³/mol. The fourth-order valence-electron chi connectivity index (χ4n) is 4.72. The molecule has 21 heteroatoms. The molecular weight excluding hydrogens is 712 g/mol. The van der Waals surface area contributed by atoms with Crippen molar-refractivity contribution in [2.24, 2.45) is 0 Å². The average molecular weight is 750 g/mol. The maximum atomic E-state index is 13.4. The van der Waals surface area contributed by atoms with Gasteiger partial charge in [0.1, 0.15) is 37.3 Å². The Kier molecular flexibility index (Phi) is 12.6. The first-order valence-electron chi connectivity index (χ1n) is 15.2. The number of aliphatic hydroxyl groups excluding tert-OH is 2. The summed E-state index contributed by atoms with van der Waals surface area (Å²) in [5.74, 6) is -0.207. The van der Waals surface area contributed by atoms with Gasteiger partial charge in [0.15, 0.2) is 23.2 Å². The van der Waals surface area contributed by atoms with E-state index in [-0.39, 0.29) is 28.3 Å². The Balaban J connectivity index is 1.56. The fourth-order valence-corrected chi connectivity index (χ4v) is 5.60. The van der Waals surface area contributed by atoms with E-state index in [4.69, 9.17) is 40.0 Å². The van der Waals surface area contributed by atoms with E-state index in [1.807, 2.05) is 0 Å². The second-order valence-electron chi connectivity index (χ2n) is 11.8. The Labute approximate surface area is 289 Å². The summed E-state index contributed by atoms with van der Waals surface area (Å²) in [5.41, 5.74) is 1.00. The SMILES string of the molecule is CC(C)OC(=O)OCC(COC(=O)OC(C)C)(OC[C@H]1O[C@@H](n2cnc3c(NC(C)c4ccc(F)cc4)nc(Cl)nc32)[C@H](O)[C@@H]1O)P(=O)(O)O. The molecular formula is C29H38ClFN5O13P. The van der Waals surface area contributed by atoms with Crippen molar-refractivity contribution >= 4 is 48.5 Å². The van der Waals surface area contributed by atoms with Crippen molar-refractivity contribution in [2.45, 2.75) is 82.8 Å². The molecule has 1 fully saturated rings. The lowest BCUT2D eigenvalue weighted by Gasteiger charge is -2.33. The van der Waals surface area contributed by atoms with E-state index in [0.717, 1.165) is 5.56 Å². The molecule has 3 heterocycles. The highest BCUT2D eigenvalue weighted by atomic mass is 35.5. The summed E-state index contributed by atoms with van der Waals surface area (Å²) in [6, 6.07) is 5.41. The standard InChI is InChI=1S/C29H38ClFN5O13P/c1-14(2)47-27(39)44-11-29(50(41,42)43,12-45-28(40)48-15(3)4)46-10-19-21(37)22(38)25(49-19)36-13-32-20-23(34-26(30)35-24(20)36)33-16(5)17-6-8-18(31)9-7-17/h6-9,13-16,19,21-22,25,37-38H,10-12H2,1-5H3,(H,33,34,35)(H2,41,42,43)/t16?,19-,21-,22-,25-/m1/s1. The molecule has 0 saturated carbocycles. The molecule has 1 aliphatic heterocycles. The average Bonchev–Trinajstić information content (AvgIpc) is 3.55. The maximum absolute atomic E-state index is 13.4. The minimum absolute atomic E-state index is 0.0790. The van der Waals surface area contributed by atoms with E-state index in [0.29, 0.717) is 0 Å². The minimum Gasteiger partial charge on any atom is -0.432 e. The summed E-state index contributed by atoms with van der Waals surface area (Å²) in [7, 11) is -5.48. The molecule has 0 radical (unpaired) electrons. The first kappa shape index (κ1) is 39.1. The lowest BCUT2D eigenvalue weighted by atomic mass is 10.1. The van der Waals surface area contributed by atoms with E-state index >= 15 is 0 Å². The summed E-state index contributed by atoms with van der Waals surface area (Å²) >= 11 is 6.22. The van der Waals surface area contributed by atoms with Crippen molar-refractivity contribution in [1.29, 1.82) is 0 Å². The van der Waals surface area contributed by atoms with Crippen molar-refractivity contribution in [3.05, 3.63) is 47.3 Å². The number of nitrogens with zero attached hydrogens (tertiary/aromatic N) is 4. The van der Waals surface area contributed by atoms with Crippen molar-refractivity contribution in [2.75, 3.05) is 25.1 Å². The van der Waals surface area contributed by atoms with Crippen molar-refractivity contribution in [1.82, 2.24) is 19.5 Å². The van der Waals surface area contributed by atoms with Crippen LogP contribution in [0.25, 0.3) is 11.2 Å². The van der Waals surface area contributed by atoms with Crippen LogP contribution in [0.4, 0.5) is 19.8 Å². The smallest absolute Gasteiger partial charge is 0.432 e. The van der Waals surface area contributed by atoms with Crippen LogP contribution < -0.4 is 5.32 Å². The largest absolute Gasteiger partial charge is 0.508 e. The molecule has 0 amide bonds. The van der Waals surface area contributed by atoms with Gasteiger partial charge in [0.25, 0.3) is 0 Å². The van der Waals surface area contributed by atoms with Gasteiger partial charge in [0, 0.05) is 0 Å². The summed E-state index contributed by atoms with van der Waals surface area (Å²) in [6.07, 6.45) is -8.85. The van der Waals surface area contributed by atoms with Gasteiger partial charge in [-0.15, -0.1) is 0 Å². The molecule has 0 aliphatic carbocycles. The number of aliphatic hydroxyl groups is 2. The number of anilines is 1. The van der Waals surface area contributed by atoms with Crippen LogP contribution in [-0.4, -0.2) is 108 Å². The van der Waals surface area contributed by atoms with Crippen LogP contribution in [0.1, 0.15) is 52.5 Å². The fraction of sp³-hybridized carbons (Fsp3) is 0.552. The van der Waals surface area contributed by atoms with Gasteiger partial charge >= 0.3 is 19.9 Å². The molecule has 5 atom stereocenters. The third kappa shape index (κ3) is 9.35. The van der Waals surface area contributed by atoms with Gasteiger partial charge in [0.05, 0.1) is 31.2 Å². The summed E-state index contributed by atoms with van der Waals surface area (Å²) in [6.45, 7) is 4.68. The van der Waals surface area contributed by atoms with Gasteiger partial charge in [-0.25, -0.2) is 19.0 Å². The summed E-state index contributed by atoms with van der Waals surface area (Å²) < 4.78 is 58.4. The van der Waals surface area contributed by atoms with E-state index in [9.17, 15) is 38.5 Å². The summed E-state index contributed by atoms with van der Waals surface area (Å²) in [4.78, 5) is 57.6. The van der Waals surface area contributed by atoms with Crippen LogP contribution in [-0.2, 0) is 33.0 Å². The number of aromatic nitrogens is 4. The lowest BCUT2D eigenvalue weighted by Crippen LogP contribution is -2.47. The molecule has 18 nitrogen and oxygen atoms in total. The number of ether oxygens (including phenoxy) is 6. The quantitative estimate of drug-likeness (QED) is 0.0900. The van der Waals surface area contributed by atoms with E-state index in [1.165, 1.54) is 50.7 Å². The zero-order valence-corrected chi connectivity index (χ0v) is 29.2.